The molecule has 3 aliphatic rings. The Morgan fingerprint density at radius 3 is 1.39 bits per heavy atom. The van der Waals surface area contributed by atoms with Gasteiger partial charge in [0.05, 0.1) is 0 Å². The molecular formula is C39H48N2O8. The Morgan fingerprint density at radius 2 is 1.04 bits per heavy atom. The van der Waals surface area contributed by atoms with E-state index in [9.17, 15) is 19.2 Å². The molecule has 2 saturated carbocycles. The van der Waals surface area contributed by atoms with Crippen LogP contribution in [0.5, 0.6) is 0 Å². The van der Waals surface area contributed by atoms with Crippen molar-refractivity contribution in [3.63, 3.8) is 0 Å². The summed E-state index contributed by atoms with van der Waals surface area (Å²) in [6, 6.07) is 11.5. The highest BCUT2D eigenvalue weighted by atomic mass is 16.7. The van der Waals surface area contributed by atoms with Crippen LogP contribution in [0.15, 0.2) is 46.7 Å². The second kappa shape index (κ2) is 16.6. The molecule has 0 unspecified atom stereocenters. The van der Waals surface area contributed by atoms with Crippen LogP contribution in [0, 0.1) is 11.8 Å². The molecule has 0 atom stereocenters. The zero-order chi connectivity index (χ0) is 35.0. The van der Waals surface area contributed by atoms with Gasteiger partial charge in [-0.25, -0.2) is 9.59 Å². The summed E-state index contributed by atoms with van der Waals surface area (Å²) in [4.78, 5) is 61.7. The first-order valence-corrected chi connectivity index (χ1v) is 17.7. The number of hydrogen-bond donors (Lipinski definition) is 0. The molecule has 0 amide bonds. The number of nitrogens with zero attached hydrogens (tertiary/aromatic N) is 2. The molecule has 0 aromatic heterocycles. The molecule has 262 valence electrons. The Morgan fingerprint density at radius 1 is 0.653 bits per heavy atom. The summed E-state index contributed by atoms with van der Waals surface area (Å²) in [6.07, 6.45) is 8.41. The molecule has 0 heterocycles. The molecule has 10 heteroatoms. The molecule has 0 aliphatic heterocycles. The molecule has 0 radical (unpaired) electrons. The summed E-state index contributed by atoms with van der Waals surface area (Å²) in [5.74, 6) is -1.80. The van der Waals surface area contributed by atoms with Gasteiger partial charge < -0.3 is 19.1 Å². The Labute approximate surface area is 288 Å². The first-order chi connectivity index (χ1) is 23.7. The average molecular weight is 673 g/mol. The maximum Gasteiger partial charge on any atom is 0.331 e. The number of carbonyl (C=O) groups excluding carboxylic acids is 4. The van der Waals surface area contributed by atoms with Gasteiger partial charge in [-0.3, -0.25) is 9.59 Å². The van der Waals surface area contributed by atoms with Gasteiger partial charge in [0.1, 0.15) is 11.4 Å². The molecule has 0 spiro atoms. The largest absolute Gasteiger partial charge is 0.382 e. The van der Waals surface area contributed by atoms with Crippen molar-refractivity contribution in [2.75, 3.05) is 26.4 Å². The van der Waals surface area contributed by atoms with E-state index in [-0.39, 0.29) is 34.8 Å². The quantitative estimate of drug-likeness (QED) is 0.0593. The van der Waals surface area contributed by atoms with Crippen LogP contribution in [0.4, 0.5) is 0 Å². The monoisotopic (exact) mass is 672 g/mol. The van der Waals surface area contributed by atoms with Crippen molar-refractivity contribution < 1.29 is 38.3 Å². The van der Waals surface area contributed by atoms with Crippen LogP contribution in [0.25, 0.3) is 11.1 Å². The SMILES string of the molecule is CCOCCC1(CCOCC)c2cc(C(=O)/C(=N/OC(C)=O)C3CCCC3)ccc2-c2ccc(C(=O)/C(=N/OC(C)=O)C3CCCC3)cc21. The summed E-state index contributed by atoms with van der Waals surface area (Å²) in [6.45, 7) is 8.47. The lowest BCUT2D eigenvalue weighted by molar-refractivity contribution is -0.141. The average Bonchev–Trinajstić information content (AvgIpc) is 3.87. The highest BCUT2D eigenvalue weighted by Crippen LogP contribution is 2.53. The fraction of sp³-hybridized carbons (Fsp3) is 0.538. The van der Waals surface area contributed by atoms with Gasteiger partial charge in [-0.2, -0.15) is 0 Å². The van der Waals surface area contributed by atoms with E-state index < -0.39 is 17.4 Å². The van der Waals surface area contributed by atoms with Crippen molar-refractivity contribution in [1.29, 1.82) is 0 Å². The van der Waals surface area contributed by atoms with Gasteiger partial charge in [0.25, 0.3) is 0 Å². The Kier molecular flexibility index (Phi) is 12.3. The van der Waals surface area contributed by atoms with Gasteiger partial charge in [0, 0.05) is 68.7 Å². The Bertz CT molecular complexity index is 1500. The van der Waals surface area contributed by atoms with Crippen molar-refractivity contribution in [3.05, 3.63) is 58.7 Å². The molecule has 3 aliphatic carbocycles. The second-order valence-corrected chi connectivity index (χ2v) is 13.2. The van der Waals surface area contributed by atoms with Crippen LogP contribution in [-0.4, -0.2) is 61.4 Å². The number of Topliss-reactive ketones (excluding diaryl/α,β-unsaturated/α-hetero) is 2. The second-order valence-electron chi connectivity index (χ2n) is 13.2. The van der Waals surface area contributed by atoms with Crippen LogP contribution in [0.1, 0.15) is 124 Å². The fourth-order valence-corrected chi connectivity index (χ4v) is 7.75. The van der Waals surface area contributed by atoms with Gasteiger partial charge >= 0.3 is 11.9 Å². The van der Waals surface area contributed by atoms with Gasteiger partial charge in [0.2, 0.25) is 11.6 Å². The van der Waals surface area contributed by atoms with Crippen LogP contribution in [0.2, 0.25) is 0 Å². The van der Waals surface area contributed by atoms with E-state index in [0.717, 1.165) is 73.6 Å². The third-order valence-electron chi connectivity index (χ3n) is 10.1. The maximum absolute atomic E-state index is 14.1. The minimum Gasteiger partial charge on any atom is -0.382 e. The van der Waals surface area contributed by atoms with Crippen molar-refractivity contribution in [2.45, 2.75) is 97.3 Å². The van der Waals surface area contributed by atoms with Gasteiger partial charge in [0.15, 0.2) is 0 Å². The maximum atomic E-state index is 14.1. The molecular weight excluding hydrogens is 624 g/mol. The van der Waals surface area contributed by atoms with E-state index in [1.54, 1.807) is 0 Å². The summed E-state index contributed by atoms with van der Waals surface area (Å²) in [5, 5.41) is 8.15. The van der Waals surface area contributed by atoms with Gasteiger partial charge in [-0.1, -0.05) is 60.3 Å². The molecule has 0 N–H and O–H groups in total. The lowest BCUT2D eigenvalue weighted by atomic mass is 9.72. The highest BCUT2D eigenvalue weighted by molar-refractivity contribution is 6.47. The summed E-state index contributed by atoms with van der Waals surface area (Å²) in [7, 11) is 0. The minimum atomic E-state index is -0.636. The molecule has 0 bridgehead atoms. The van der Waals surface area contributed by atoms with E-state index in [0.29, 0.717) is 50.4 Å². The fourth-order valence-electron chi connectivity index (χ4n) is 7.75. The molecule has 2 fully saturated rings. The summed E-state index contributed by atoms with van der Waals surface area (Å²) >= 11 is 0. The van der Waals surface area contributed by atoms with Crippen molar-refractivity contribution in [2.24, 2.45) is 22.1 Å². The van der Waals surface area contributed by atoms with Gasteiger partial charge in [-0.15, -0.1) is 0 Å². The molecule has 49 heavy (non-hydrogen) atoms. The Hall–Kier alpha value is -4.02. The molecule has 2 aromatic carbocycles. The zero-order valence-corrected chi connectivity index (χ0v) is 29.2. The number of hydrogen-bond acceptors (Lipinski definition) is 10. The molecule has 2 aromatic rings. The third kappa shape index (κ3) is 8.07. The van der Waals surface area contributed by atoms with Crippen LogP contribution >= 0.6 is 0 Å². The number of fused-ring (bicyclic) bond motifs is 3. The predicted molar refractivity (Wildman–Crippen MR) is 186 cm³/mol. The number of benzene rings is 2. The number of carbonyl (C=O) groups is 4. The van der Waals surface area contributed by atoms with E-state index in [2.05, 4.69) is 10.3 Å². The van der Waals surface area contributed by atoms with E-state index >= 15 is 0 Å². The highest BCUT2D eigenvalue weighted by Gasteiger charge is 2.44. The topological polar surface area (TPSA) is 130 Å². The van der Waals surface area contributed by atoms with Crippen LogP contribution in [-0.2, 0) is 34.2 Å². The number of ketones is 2. The standard InChI is InChI=1S/C39H48N2O8/c1-5-46-21-19-39(20-22-47-6-2)33-23-29(37(44)35(40-48-25(3)42)27-11-7-8-12-27)15-17-31(33)32-18-16-30(24-34(32)39)38(45)36(41-49-26(4)43)28-13-9-10-14-28/h15-18,23-24,27-28H,5-14,19-22H2,1-4H3/b40-35+,41-36+. The first kappa shape index (κ1) is 36.3. The summed E-state index contributed by atoms with van der Waals surface area (Å²) < 4.78 is 11.8. The lowest BCUT2D eigenvalue weighted by Crippen LogP contribution is -2.30. The number of oxime groups is 2. The van der Waals surface area contributed by atoms with E-state index in [1.807, 2.05) is 50.2 Å². The lowest BCUT2D eigenvalue weighted by Gasteiger charge is -2.33. The third-order valence-corrected chi connectivity index (χ3v) is 10.1. The number of ether oxygens (including phenoxy) is 2. The Balaban J connectivity index is 1.62. The van der Waals surface area contributed by atoms with Crippen LogP contribution < -0.4 is 0 Å². The van der Waals surface area contributed by atoms with E-state index in [4.69, 9.17) is 19.1 Å². The van der Waals surface area contributed by atoms with Gasteiger partial charge in [-0.05, 0) is 86.8 Å². The molecule has 0 saturated heterocycles. The smallest absolute Gasteiger partial charge is 0.331 e. The van der Waals surface area contributed by atoms with Crippen LogP contribution in [0.3, 0.4) is 0 Å². The van der Waals surface area contributed by atoms with Crippen molar-refractivity contribution in [1.82, 2.24) is 0 Å². The van der Waals surface area contributed by atoms with E-state index in [1.165, 1.54) is 13.8 Å². The first-order valence-electron chi connectivity index (χ1n) is 17.7. The predicted octanol–water partition coefficient (Wildman–Crippen LogP) is 7.39. The van der Waals surface area contributed by atoms with Crippen molar-refractivity contribution >= 4 is 34.9 Å². The number of rotatable bonds is 16. The molecule has 10 nitrogen and oxygen atoms in total. The minimum absolute atomic E-state index is 0.0748. The summed E-state index contributed by atoms with van der Waals surface area (Å²) in [5.41, 5.74) is 4.71. The molecule has 5 rings (SSSR count). The normalized spacial score (nSPS) is 17.6. The van der Waals surface area contributed by atoms with Crippen molar-refractivity contribution in [3.8, 4) is 11.1 Å². The zero-order valence-electron chi connectivity index (χ0n) is 29.2.